The Balaban J connectivity index is 1.55. The van der Waals surface area contributed by atoms with Gasteiger partial charge in [0.15, 0.2) is 0 Å². The first kappa shape index (κ1) is 21.9. The zero-order chi connectivity index (χ0) is 20.7. The second kappa shape index (κ2) is 10.3. The lowest BCUT2D eigenvalue weighted by atomic mass is 9.75. The van der Waals surface area contributed by atoms with Crippen LogP contribution in [0.1, 0.15) is 44.2 Å². The highest BCUT2D eigenvalue weighted by Gasteiger charge is 2.33. The summed E-state index contributed by atoms with van der Waals surface area (Å²) in [5.74, 6) is 1.49. The second-order valence-electron chi connectivity index (χ2n) is 9.44. The number of benzene rings is 2. The summed E-state index contributed by atoms with van der Waals surface area (Å²) in [4.78, 5) is 2.15. The number of quaternary nitrogens is 1. The van der Waals surface area contributed by atoms with Gasteiger partial charge in [-0.05, 0) is 69.1 Å². The van der Waals surface area contributed by atoms with Crippen LogP contribution >= 0.6 is 0 Å². The third-order valence-electron chi connectivity index (χ3n) is 6.32. The normalized spacial score (nSPS) is 19.7. The van der Waals surface area contributed by atoms with Gasteiger partial charge in [-0.3, -0.25) is 0 Å². The highest BCUT2D eigenvalue weighted by atomic mass is 16.5. The fourth-order valence-electron chi connectivity index (χ4n) is 4.63. The number of anilines is 1. The van der Waals surface area contributed by atoms with Gasteiger partial charge in [-0.25, -0.2) is 0 Å². The predicted molar refractivity (Wildman–Crippen MR) is 122 cm³/mol. The van der Waals surface area contributed by atoms with E-state index in [2.05, 4.69) is 92.8 Å². The van der Waals surface area contributed by atoms with Crippen molar-refractivity contribution in [2.75, 3.05) is 32.1 Å². The predicted octanol–water partition coefficient (Wildman–Crippen LogP) is 4.27. The van der Waals surface area contributed by atoms with Crippen molar-refractivity contribution in [1.82, 2.24) is 0 Å². The van der Waals surface area contributed by atoms with Crippen molar-refractivity contribution in [1.29, 1.82) is 0 Å². The van der Waals surface area contributed by atoms with Gasteiger partial charge >= 0.3 is 0 Å². The Morgan fingerprint density at radius 3 is 2.41 bits per heavy atom. The summed E-state index contributed by atoms with van der Waals surface area (Å²) in [7, 11) is 4.18. The van der Waals surface area contributed by atoms with Gasteiger partial charge in [0.2, 0.25) is 0 Å². The number of rotatable bonds is 9. The first-order chi connectivity index (χ1) is 13.9. The van der Waals surface area contributed by atoms with E-state index in [0.29, 0.717) is 0 Å². The molecule has 2 aromatic carbocycles. The van der Waals surface area contributed by atoms with E-state index in [0.717, 1.165) is 25.0 Å². The van der Waals surface area contributed by atoms with Crippen molar-refractivity contribution in [2.45, 2.75) is 51.7 Å². The van der Waals surface area contributed by atoms with E-state index in [1.165, 1.54) is 49.0 Å². The van der Waals surface area contributed by atoms with Gasteiger partial charge in [-0.1, -0.05) is 42.5 Å². The van der Waals surface area contributed by atoms with Gasteiger partial charge in [0.25, 0.3) is 0 Å². The Bertz CT molecular complexity index is 724. The average Bonchev–Trinajstić information content (AvgIpc) is 2.70. The Kier molecular flexibility index (Phi) is 7.74. The molecule has 3 rings (SSSR count). The molecule has 0 spiro atoms. The summed E-state index contributed by atoms with van der Waals surface area (Å²) < 4.78 is 5.99. The average molecular weight is 396 g/mol. The van der Waals surface area contributed by atoms with Gasteiger partial charge in [-0.2, -0.15) is 0 Å². The molecule has 0 amide bonds. The van der Waals surface area contributed by atoms with E-state index in [4.69, 9.17) is 4.74 Å². The number of nitrogens with zero attached hydrogens (tertiary/aromatic N) is 1. The Hall–Kier alpha value is -1.84. The zero-order valence-corrected chi connectivity index (χ0v) is 18.7. The van der Waals surface area contributed by atoms with Crippen molar-refractivity contribution in [3.8, 4) is 0 Å². The number of nitrogens with two attached hydrogens (primary N) is 1. The van der Waals surface area contributed by atoms with E-state index in [9.17, 15) is 0 Å². The quantitative estimate of drug-likeness (QED) is 0.643. The van der Waals surface area contributed by atoms with Gasteiger partial charge < -0.3 is 15.0 Å². The standard InChI is InChI=1S/C26H38N2O/c1-26(2)19-24(15-17-29-26)23(18-21-8-6-5-7-9-21)14-16-27-20-22-10-12-25(13-11-22)28(3)4/h5-13,23-24,27H,14-20H2,1-4H3/p+1/t23-,24+/m1/s1. The van der Waals surface area contributed by atoms with Crippen LogP contribution in [0.4, 0.5) is 5.69 Å². The summed E-state index contributed by atoms with van der Waals surface area (Å²) >= 11 is 0. The zero-order valence-electron chi connectivity index (χ0n) is 18.7. The largest absolute Gasteiger partial charge is 0.378 e. The highest BCUT2D eigenvalue weighted by Crippen LogP contribution is 2.36. The van der Waals surface area contributed by atoms with Crippen molar-refractivity contribution in [3.63, 3.8) is 0 Å². The van der Waals surface area contributed by atoms with Gasteiger partial charge in [-0.15, -0.1) is 0 Å². The summed E-state index contributed by atoms with van der Waals surface area (Å²) in [5, 5.41) is 2.48. The highest BCUT2D eigenvalue weighted by molar-refractivity contribution is 5.45. The van der Waals surface area contributed by atoms with Crippen LogP contribution in [0, 0.1) is 11.8 Å². The van der Waals surface area contributed by atoms with Crippen molar-refractivity contribution in [3.05, 3.63) is 65.7 Å². The molecule has 1 heterocycles. The molecule has 0 aromatic heterocycles. The third kappa shape index (κ3) is 6.87. The summed E-state index contributed by atoms with van der Waals surface area (Å²) in [6.45, 7) is 7.66. The Labute approximate surface area is 177 Å². The van der Waals surface area contributed by atoms with Crippen LogP contribution in [0.3, 0.4) is 0 Å². The summed E-state index contributed by atoms with van der Waals surface area (Å²) in [5.41, 5.74) is 4.16. The SMILES string of the molecule is CN(C)c1ccc(C[NH2+]CC[C@H](Cc2ccccc2)[C@H]2CCOC(C)(C)C2)cc1. The first-order valence-corrected chi connectivity index (χ1v) is 11.2. The number of hydrogen-bond acceptors (Lipinski definition) is 2. The molecule has 3 heteroatoms. The fourth-order valence-corrected chi connectivity index (χ4v) is 4.63. The molecule has 1 aliphatic rings. The van der Waals surface area contributed by atoms with Crippen LogP contribution < -0.4 is 10.2 Å². The molecule has 2 aromatic rings. The number of hydrogen-bond donors (Lipinski definition) is 1. The maximum atomic E-state index is 5.99. The maximum Gasteiger partial charge on any atom is 0.101 e. The molecule has 158 valence electrons. The minimum absolute atomic E-state index is 0.0236. The van der Waals surface area contributed by atoms with Crippen LogP contribution in [-0.4, -0.2) is 32.8 Å². The minimum atomic E-state index is 0.0236. The summed E-state index contributed by atoms with van der Waals surface area (Å²) in [6, 6.07) is 20.0. The van der Waals surface area contributed by atoms with Crippen LogP contribution in [0.2, 0.25) is 0 Å². The van der Waals surface area contributed by atoms with E-state index in [1.54, 1.807) is 0 Å². The molecule has 1 saturated heterocycles. The smallest absolute Gasteiger partial charge is 0.101 e. The van der Waals surface area contributed by atoms with Crippen molar-refractivity contribution < 1.29 is 10.1 Å². The molecule has 29 heavy (non-hydrogen) atoms. The van der Waals surface area contributed by atoms with Crippen molar-refractivity contribution >= 4 is 5.69 Å². The Morgan fingerprint density at radius 1 is 1.03 bits per heavy atom. The lowest BCUT2D eigenvalue weighted by Crippen LogP contribution is -2.82. The lowest BCUT2D eigenvalue weighted by Gasteiger charge is -2.39. The van der Waals surface area contributed by atoms with Crippen LogP contribution in [-0.2, 0) is 17.7 Å². The van der Waals surface area contributed by atoms with Gasteiger partial charge in [0.05, 0.1) is 12.1 Å². The molecule has 2 N–H and O–H groups in total. The van der Waals surface area contributed by atoms with Crippen molar-refractivity contribution in [2.24, 2.45) is 11.8 Å². The molecule has 0 bridgehead atoms. The number of ether oxygens (including phenoxy) is 1. The molecule has 1 fully saturated rings. The molecule has 3 nitrogen and oxygen atoms in total. The van der Waals surface area contributed by atoms with Crippen LogP contribution in [0.15, 0.2) is 54.6 Å². The molecular weight excluding hydrogens is 356 g/mol. The molecule has 0 saturated carbocycles. The van der Waals surface area contributed by atoms with Crippen LogP contribution in [0.25, 0.3) is 0 Å². The molecule has 2 atom stereocenters. The van der Waals surface area contributed by atoms with Gasteiger partial charge in [0.1, 0.15) is 6.54 Å². The molecule has 0 radical (unpaired) electrons. The molecular formula is C26H39N2O+. The fraction of sp³-hybridized carbons (Fsp3) is 0.538. The lowest BCUT2D eigenvalue weighted by molar-refractivity contribution is -0.671. The van der Waals surface area contributed by atoms with Crippen LogP contribution in [0.5, 0.6) is 0 Å². The van der Waals surface area contributed by atoms with E-state index in [1.807, 2.05) is 0 Å². The van der Waals surface area contributed by atoms with E-state index >= 15 is 0 Å². The third-order valence-corrected chi connectivity index (χ3v) is 6.32. The topological polar surface area (TPSA) is 29.1 Å². The second-order valence-corrected chi connectivity index (χ2v) is 9.44. The van der Waals surface area contributed by atoms with E-state index in [-0.39, 0.29) is 5.60 Å². The first-order valence-electron chi connectivity index (χ1n) is 11.2. The Morgan fingerprint density at radius 2 is 1.76 bits per heavy atom. The van der Waals surface area contributed by atoms with Gasteiger partial charge in [0, 0.05) is 32.0 Å². The molecule has 0 unspecified atom stereocenters. The molecule has 1 aliphatic heterocycles. The monoisotopic (exact) mass is 395 g/mol. The van der Waals surface area contributed by atoms with E-state index < -0.39 is 0 Å². The molecule has 0 aliphatic carbocycles. The minimum Gasteiger partial charge on any atom is -0.378 e. The summed E-state index contributed by atoms with van der Waals surface area (Å²) in [6.07, 6.45) is 4.84. The maximum absolute atomic E-state index is 5.99.